The van der Waals surface area contributed by atoms with Crippen LogP contribution in [0.3, 0.4) is 0 Å². The van der Waals surface area contributed by atoms with E-state index in [9.17, 15) is 0 Å². The number of hydrogen-bond donors (Lipinski definition) is 1. The Hall–Kier alpha value is -2.86. The highest BCUT2D eigenvalue weighted by molar-refractivity contribution is 5.84. The first-order chi connectivity index (χ1) is 12.2. The molecule has 0 amide bonds. The van der Waals surface area contributed by atoms with Gasteiger partial charge in [-0.05, 0) is 40.6 Å². The monoisotopic (exact) mass is 336 g/mol. The molecule has 0 aliphatic carbocycles. The predicted octanol–water partition coefficient (Wildman–Crippen LogP) is 2.80. The summed E-state index contributed by atoms with van der Waals surface area (Å²) in [5.74, 6) is 1.99. The van der Waals surface area contributed by atoms with Crippen molar-refractivity contribution >= 4 is 22.5 Å². The number of fused-ring (bicyclic) bond motifs is 1. The van der Waals surface area contributed by atoms with Crippen LogP contribution in [0.2, 0.25) is 0 Å². The van der Waals surface area contributed by atoms with Crippen molar-refractivity contribution in [3.05, 3.63) is 54.2 Å². The van der Waals surface area contributed by atoms with Crippen molar-refractivity contribution in [1.82, 2.24) is 9.97 Å². The van der Waals surface area contributed by atoms with Gasteiger partial charge in [0.2, 0.25) is 5.95 Å². The van der Waals surface area contributed by atoms with E-state index in [1.807, 2.05) is 18.2 Å². The first kappa shape index (κ1) is 15.7. The summed E-state index contributed by atoms with van der Waals surface area (Å²) >= 11 is 0. The zero-order valence-electron chi connectivity index (χ0n) is 14.1. The summed E-state index contributed by atoms with van der Waals surface area (Å²) in [5.41, 5.74) is 6.86. The van der Waals surface area contributed by atoms with E-state index in [0.29, 0.717) is 12.6 Å². The molecule has 0 spiro atoms. The van der Waals surface area contributed by atoms with E-state index in [1.54, 1.807) is 13.3 Å². The van der Waals surface area contributed by atoms with Crippen LogP contribution in [-0.2, 0) is 4.74 Å². The summed E-state index contributed by atoms with van der Waals surface area (Å²) in [5, 5.41) is 2.32. The van der Waals surface area contributed by atoms with Crippen LogP contribution >= 0.6 is 0 Å². The fraction of sp³-hybridized carbons (Fsp3) is 0.263. The van der Waals surface area contributed by atoms with Crippen LogP contribution in [0.1, 0.15) is 11.7 Å². The molecule has 128 valence electrons. The van der Waals surface area contributed by atoms with Crippen molar-refractivity contribution in [2.75, 3.05) is 37.4 Å². The number of anilines is 2. The van der Waals surface area contributed by atoms with Crippen LogP contribution in [0.25, 0.3) is 10.8 Å². The average molecular weight is 336 g/mol. The van der Waals surface area contributed by atoms with Gasteiger partial charge < -0.3 is 20.1 Å². The van der Waals surface area contributed by atoms with Gasteiger partial charge in [-0.2, -0.15) is 4.98 Å². The van der Waals surface area contributed by atoms with Gasteiger partial charge in [0, 0.05) is 19.3 Å². The fourth-order valence-electron chi connectivity index (χ4n) is 3.17. The lowest BCUT2D eigenvalue weighted by atomic mass is 10.0. The highest BCUT2D eigenvalue weighted by Crippen LogP contribution is 2.29. The van der Waals surface area contributed by atoms with Crippen LogP contribution in [0.5, 0.6) is 5.75 Å². The standard InChI is InChI=1S/C19H20N4O2/c1-24-16-5-4-13-10-15(3-2-14(13)11-16)17-12-23(8-9-25-17)18-6-7-21-19(20)22-18/h2-7,10-11,17H,8-9,12H2,1H3,(H2,20,21,22). The Labute approximate surface area is 146 Å². The minimum Gasteiger partial charge on any atom is -0.497 e. The lowest BCUT2D eigenvalue weighted by Gasteiger charge is -2.34. The molecule has 1 fully saturated rings. The molecule has 1 atom stereocenters. The molecule has 1 unspecified atom stereocenters. The maximum atomic E-state index is 6.00. The Morgan fingerprint density at radius 1 is 1.16 bits per heavy atom. The van der Waals surface area contributed by atoms with Gasteiger partial charge in [-0.1, -0.05) is 18.2 Å². The Bertz CT molecular complexity index is 899. The minimum atomic E-state index is -0.00329. The molecule has 6 heteroatoms. The molecule has 2 N–H and O–H groups in total. The van der Waals surface area contributed by atoms with Crippen molar-refractivity contribution in [3.63, 3.8) is 0 Å². The Balaban J connectivity index is 1.59. The molecule has 2 heterocycles. The van der Waals surface area contributed by atoms with Gasteiger partial charge in [-0.3, -0.25) is 0 Å². The van der Waals surface area contributed by atoms with Crippen molar-refractivity contribution in [2.24, 2.45) is 0 Å². The van der Waals surface area contributed by atoms with Gasteiger partial charge in [0.1, 0.15) is 17.7 Å². The third-order valence-corrected chi connectivity index (χ3v) is 4.49. The predicted molar refractivity (Wildman–Crippen MR) is 97.9 cm³/mol. The third-order valence-electron chi connectivity index (χ3n) is 4.49. The molecule has 3 aromatic rings. The fourth-order valence-corrected chi connectivity index (χ4v) is 3.17. The number of nitrogens with zero attached hydrogens (tertiary/aromatic N) is 3. The van der Waals surface area contributed by atoms with Gasteiger partial charge >= 0.3 is 0 Å². The van der Waals surface area contributed by atoms with E-state index in [-0.39, 0.29) is 6.10 Å². The molecule has 4 rings (SSSR count). The van der Waals surface area contributed by atoms with E-state index in [2.05, 4.69) is 39.1 Å². The molecule has 0 bridgehead atoms. The first-order valence-electron chi connectivity index (χ1n) is 8.26. The molecular formula is C19H20N4O2. The second-order valence-electron chi connectivity index (χ2n) is 6.05. The summed E-state index contributed by atoms with van der Waals surface area (Å²) < 4.78 is 11.3. The van der Waals surface area contributed by atoms with Gasteiger partial charge in [0.05, 0.1) is 13.7 Å². The molecule has 1 aliphatic heterocycles. The number of hydrogen-bond acceptors (Lipinski definition) is 6. The quantitative estimate of drug-likeness (QED) is 0.793. The van der Waals surface area contributed by atoms with Gasteiger partial charge in [-0.25, -0.2) is 4.98 Å². The normalized spacial score (nSPS) is 17.6. The average Bonchev–Trinajstić information content (AvgIpc) is 2.67. The number of benzene rings is 2. The summed E-state index contributed by atoms with van der Waals surface area (Å²) in [4.78, 5) is 10.5. The van der Waals surface area contributed by atoms with Crippen molar-refractivity contribution in [2.45, 2.75) is 6.10 Å². The molecule has 1 saturated heterocycles. The Morgan fingerprint density at radius 2 is 2.00 bits per heavy atom. The van der Waals surface area contributed by atoms with Gasteiger partial charge in [0.15, 0.2) is 0 Å². The van der Waals surface area contributed by atoms with Crippen molar-refractivity contribution in [1.29, 1.82) is 0 Å². The van der Waals surface area contributed by atoms with E-state index in [1.165, 1.54) is 5.39 Å². The number of methoxy groups -OCH3 is 1. The summed E-state index contributed by atoms with van der Waals surface area (Å²) in [6.45, 7) is 2.17. The number of nitrogens with two attached hydrogens (primary N) is 1. The summed E-state index contributed by atoms with van der Waals surface area (Å²) in [6, 6.07) is 14.4. The van der Waals surface area contributed by atoms with E-state index in [4.69, 9.17) is 15.2 Å². The number of nitrogen functional groups attached to an aromatic ring is 1. The molecule has 0 saturated carbocycles. The lowest BCUT2D eigenvalue weighted by molar-refractivity contribution is 0.0396. The second-order valence-corrected chi connectivity index (χ2v) is 6.05. The maximum absolute atomic E-state index is 6.00. The van der Waals surface area contributed by atoms with Crippen LogP contribution in [0, 0.1) is 0 Å². The first-order valence-corrected chi connectivity index (χ1v) is 8.26. The van der Waals surface area contributed by atoms with Crippen LogP contribution in [0.4, 0.5) is 11.8 Å². The van der Waals surface area contributed by atoms with Gasteiger partial charge in [0.25, 0.3) is 0 Å². The second kappa shape index (κ2) is 6.57. The number of ether oxygens (including phenoxy) is 2. The van der Waals surface area contributed by atoms with Crippen molar-refractivity contribution < 1.29 is 9.47 Å². The maximum Gasteiger partial charge on any atom is 0.221 e. The number of morpholine rings is 1. The zero-order valence-corrected chi connectivity index (χ0v) is 14.1. The van der Waals surface area contributed by atoms with Crippen molar-refractivity contribution in [3.8, 4) is 5.75 Å². The smallest absolute Gasteiger partial charge is 0.221 e. The van der Waals surface area contributed by atoms with Crippen LogP contribution in [0.15, 0.2) is 48.7 Å². The lowest BCUT2D eigenvalue weighted by Crippen LogP contribution is -2.39. The topological polar surface area (TPSA) is 73.5 Å². The summed E-state index contributed by atoms with van der Waals surface area (Å²) in [6.07, 6.45) is 1.68. The molecule has 6 nitrogen and oxygen atoms in total. The molecule has 0 radical (unpaired) electrons. The summed E-state index contributed by atoms with van der Waals surface area (Å²) in [7, 11) is 1.68. The van der Waals surface area contributed by atoms with Crippen LogP contribution in [-0.4, -0.2) is 36.8 Å². The SMILES string of the molecule is COc1ccc2cc(C3CN(c4ccnc(N)n4)CCO3)ccc2c1. The molecular weight excluding hydrogens is 316 g/mol. The largest absolute Gasteiger partial charge is 0.497 e. The molecule has 1 aromatic heterocycles. The number of aromatic nitrogens is 2. The Kier molecular flexibility index (Phi) is 4.11. The minimum absolute atomic E-state index is 0.00329. The number of rotatable bonds is 3. The Morgan fingerprint density at radius 3 is 2.84 bits per heavy atom. The highest BCUT2D eigenvalue weighted by Gasteiger charge is 2.23. The zero-order chi connectivity index (χ0) is 17.2. The van der Waals surface area contributed by atoms with E-state index >= 15 is 0 Å². The van der Waals surface area contributed by atoms with Gasteiger partial charge in [-0.15, -0.1) is 0 Å². The third kappa shape index (κ3) is 3.21. The highest BCUT2D eigenvalue weighted by atomic mass is 16.5. The van der Waals surface area contributed by atoms with E-state index in [0.717, 1.165) is 35.6 Å². The van der Waals surface area contributed by atoms with E-state index < -0.39 is 0 Å². The molecule has 25 heavy (non-hydrogen) atoms. The molecule has 1 aliphatic rings. The molecule has 2 aromatic carbocycles. The van der Waals surface area contributed by atoms with Crippen LogP contribution < -0.4 is 15.4 Å².